The maximum Gasteiger partial charge on any atom is 0.338 e. The third-order valence-electron chi connectivity index (χ3n) is 3.11. The van der Waals surface area contributed by atoms with E-state index in [1.807, 2.05) is 20.0 Å². The van der Waals surface area contributed by atoms with Gasteiger partial charge in [-0.25, -0.2) is 9.78 Å². The summed E-state index contributed by atoms with van der Waals surface area (Å²) in [6.07, 6.45) is 3.01. The van der Waals surface area contributed by atoms with Crippen molar-refractivity contribution in [3.05, 3.63) is 29.7 Å². The lowest BCUT2D eigenvalue weighted by Crippen LogP contribution is -2.02. The van der Waals surface area contributed by atoms with E-state index in [-0.39, 0.29) is 5.56 Å². The zero-order valence-electron chi connectivity index (χ0n) is 11.7. The summed E-state index contributed by atoms with van der Waals surface area (Å²) < 4.78 is 3.35. The molecule has 0 aliphatic rings. The molecule has 3 heterocycles. The number of rotatable bonds is 3. The van der Waals surface area contributed by atoms with Gasteiger partial charge in [-0.05, 0) is 13.0 Å². The molecule has 0 fully saturated rings. The number of carbonyl (C=O) groups is 1. The second-order valence-corrected chi connectivity index (χ2v) is 5.69. The maximum atomic E-state index is 11.4. The Bertz CT molecular complexity index is 852. The van der Waals surface area contributed by atoms with Gasteiger partial charge >= 0.3 is 5.97 Å². The molecule has 0 amide bonds. The number of aromatic carboxylic acids is 1. The molecule has 0 atom stereocenters. The van der Waals surface area contributed by atoms with Gasteiger partial charge in [0, 0.05) is 25.2 Å². The van der Waals surface area contributed by atoms with E-state index in [1.54, 1.807) is 22.6 Å². The van der Waals surface area contributed by atoms with E-state index in [4.69, 9.17) is 0 Å². The molecule has 3 rings (SSSR count). The highest BCUT2D eigenvalue weighted by atomic mass is 32.2. The standard InChI is InChI=1S/C13H13N5O2S/c1-7-4-10(17(2)16-7)21-11-8-6-15-18(3)12(8)14-5-9(11)13(19)20/h4-6H,1-3H3,(H,19,20). The highest BCUT2D eigenvalue weighted by molar-refractivity contribution is 7.99. The minimum Gasteiger partial charge on any atom is -0.478 e. The van der Waals surface area contributed by atoms with Gasteiger partial charge in [0.2, 0.25) is 0 Å². The van der Waals surface area contributed by atoms with Crippen molar-refractivity contribution in [3.63, 3.8) is 0 Å². The molecule has 8 heteroatoms. The first-order chi connectivity index (χ1) is 9.97. The van der Waals surface area contributed by atoms with Gasteiger partial charge in [-0.1, -0.05) is 11.8 Å². The van der Waals surface area contributed by atoms with Crippen LogP contribution in [-0.2, 0) is 14.1 Å². The highest BCUT2D eigenvalue weighted by Gasteiger charge is 2.19. The molecular weight excluding hydrogens is 290 g/mol. The number of fused-ring (bicyclic) bond motifs is 1. The Labute approximate surface area is 124 Å². The van der Waals surface area contributed by atoms with Crippen LogP contribution in [0.25, 0.3) is 11.0 Å². The maximum absolute atomic E-state index is 11.4. The Morgan fingerprint density at radius 1 is 1.29 bits per heavy atom. The minimum absolute atomic E-state index is 0.166. The molecule has 1 N–H and O–H groups in total. The van der Waals surface area contributed by atoms with Crippen LogP contribution < -0.4 is 0 Å². The van der Waals surface area contributed by atoms with Gasteiger partial charge in [0.15, 0.2) is 5.65 Å². The van der Waals surface area contributed by atoms with Crippen LogP contribution in [0.5, 0.6) is 0 Å². The van der Waals surface area contributed by atoms with Crippen LogP contribution in [0.2, 0.25) is 0 Å². The van der Waals surface area contributed by atoms with Gasteiger partial charge in [0.05, 0.1) is 27.9 Å². The summed E-state index contributed by atoms with van der Waals surface area (Å²) in [5.41, 5.74) is 1.70. The van der Waals surface area contributed by atoms with Crippen molar-refractivity contribution in [2.24, 2.45) is 14.1 Å². The lowest BCUT2D eigenvalue weighted by atomic mass is 10.2. The third-order valence-corrected chi connectivity index (χ3v) is 4.34. The Morgan fingerprint density at radius 2 is 2.05 bits per heavy atom. The molecule has 0 bridgehead atoms. The molecule has 108 valence electrons. The molecule has 0 saturated heterocycles. The fraction of sp³-hybridized carbons (Fsp3) is 0.231. The van der Waals surface area contributed by atoms with Crippen LogP contribution in [0.4, 0.5) is 0 Å². The minimum atomic E-state index is -1.00. The van der Waals surface area contributed by atoms with Crippen molar-refractivity contribution in [3.8, 4) is 0 Å². The van der Waals surface area contributed by atoms with Crippen LogP contribution in [-0.4, -0.2) is 35.6 Å². The molecular formula is C13H13N5O2S. The zero-order chi connectivity index (χ0) is 15.1. The van der Waals surface area contributed by atoms with E-state index in [1.165, 1.54) is 18.0 Å². The molecule has 21 heavy (non-hydrogen) atoms. The van der Waals surface area contributed by atoms with Crippen LogP contribution >= 0.6 is 11.8 Å². The molecule has 3 aromatic heterocycles. The van der Waals surface area contributed by atoms with Gasteiger partial charge in [0.25, 0.3) is 0 Å². The molecule has 3 aromatic rings. The summed E-state index contributed by atoms with van der Waals surface area (Å²) in [6.45, 7) is 1.90. The third kappa shape index (κ3) is 2.27. The van der Waals surface area contributed by atoms with E-state index < -0.39 is 5.97 Å². The van der Waals surface area contributed by atoms with Gasteiger partial charge in [0.1, 0.15) is 0 Å². The molecule has 0 aliphatic carbocycles. The fourth-order valence-corrected chi connectivity index (χ4v) is 3.24. The number of carboxylic acids is 1. The predicted molar refractivity (Wildman–Crippen MR) is 77.5 cm³/mol. The number of aromatic nitrogens is 5. The second-order valence-electron chi connectivity index (χ2n) is 4.66. The summed E-state index contributed by atoms with van der Waals surface area (Å²) in [6, 6.07) is 1.92. The SMILES string of the molecule is Cc1cc(Sc2c(C(=O)O)cnc3c2cnn3C)n(C)n1. The van der Waals surface area contributed by atoms with Crippen molar-refractivity contribution < 1.29 is 9.90 Å². The second kappa shape index (κ2) is 4.88. The van der Waals surface area contributed by atoms with Crippen molar-refractivity contribution in [2.75, 3.05) is 0 Å². The van der Waals surface area contributed by atoms with Crippen LogP contribution in [0.1, 0.15) is 16.1 Å². The van der Waals surface area contributed by atoms with Crippen molar-refractivity contribution >= 4 is 28.8 Å². The average Bonchev–Trinajstić information content (AvgIpc) is 2.94. The van der Waals surface area contributed by atoms with E-state index in [9.17, 15) is 9.90 Å². The smallest absolute Gasteiger partial charge is 0.338 e. The normalized spacial score (nSPS) is 11.2. The number of carboxylic acid groups (broad SMARTS) is 1. The van der Waals surface area contributed by atoms with Gasteiger partial charge in [-0.15, -0.1) is 0 Å². The Hall–Kier alpha value is -2.35. The van der Waals surface area contributed by atoms with E-state index in [0.29, 0.717) is 10.5 Å². The van der Waals surface area contributed by atoms with Crippen LogP contribution in [0.15, 0.2) is 28.4 Å². The van der Waals surface area contributed by atoms with Crippen LogP contribution in [0.3, 0.4) is 0 Å². The first kappa shape index (κ1) is 13.6. The van der Waals surface area contributed by atoms with E-state index >= 15 is 0 Å². The molecule has 0 spiro atoms. The summed E-state index contributed by atoms with van der Waals surface area (Å²) in [5, 5.41) is 19.4. The molecule has 7 nitrogen and oxygen atoms in total. The number of nitrogens with zero attached hydrogens (tertiary/aromatic N) is 5. The number of aryl methyl sites for hydroxylation is 3. The largest absolute Gasteiger partial charge is 0.478 e. The van der Waals surface area contributed by atoms with E-state index in [2.05, 4.69) is 15.2 Å². The summed E-state index contributed by atoms with van der Waals surface area (Å²) in [4.78, 5) is 16.3. The van der Waals surface area contributed by atoms with Crippen LogP contribution in [0, 0.1) is 6.92 Å². The summed E-state index contributed by atoms with van der Waals surface area (Å²) >= 11 is 1.36. The molecule has 0 saturated carbocycles. The lowest BCUT2D eigenvalue weighted by molar-refractivity contribution is 0.0693. The Kier molecular flexibility index (Phi) is 3.17. The Balaban J connectivity index is 2.21. The van der Waals surface area contributed by atoms with Gasteiger partial charge < -0.3 is 5.11 Å². The lowest BCUT2D eigenvalue weighted by Gasteiger charge is -2.07. The highest BCUT2D eigenvalue weighted by Crippen LogP contribution is 2.35. The topological polar surface area (TPSA) is 85.8 Å². The zero-order valence-corrected chi connectivity index (χ0v) is 12.5. The van der Waals surface area contributed by atoms with Gasteiger partial charge in [-0.2, -0.15) is 10.2 Å². The number of hydrogen-bond acceptors (Lipinski definition) is 5. The van der Waals surface area contributed by atoms with E-state index in [0.717, 1.165) is 16.1 Å². The Morgan fingerprint density at radius 3 is 2.67 bits per heavy atom. The molecule has 0 radical (unpaired) electrons. The number of hydrogen-bond donors (Lipinski definition) is 1. The fourth-order valence-electron chi connectivity index (χ4n) is 2.12. The number of pyridine rings is 1. The van der Waals surface area contributed by atoms with Crippen molar-refractivity contribution in [2.45, 2.75) is 16.8 Å². The molecule has 0 aliphatic heterocycles. The summed E-state index contributed by atoms with van der Waals surface area (Å²) in [7, 11) is 3.61. The van der Waals surface area contributed by atoms with Crippen molar-refractivity contribution in [1.29, 1.82) is 0 Å². The predicted octanol–water partition coefficient (Wildman–Crippen LogP) is 1.86. The van der Waals surface area contributed by atoms with Crippen molar-refractivity contribution in [1.82, 2.24) is 24.5 Å². The average molecular weight is 303 g/mol. The first-order valence-electron chi connectivity index (χ1n) is 6.20. The molecule has 0 aromatic carbocycles. The van der Waals surface area contributed by atoms with Gasteiger partial charge in [-0.3, -0.25) is 9.36 Å². The molecule has 0 unspecified atom stereocenters. The quantitative estimate of drug-likeness (QED) is 0.795. The monoisotopic (exact) mass is 303 g/mol. The first-order valence-corrected chi connectivity index (χ1v) is 7.01. The summed E-state index contributed by atoms with van der Waals surface area (Å²) in [5.74, 6) is -1.00.